The molecule has 1 N–H and O–H groups in total. The van der Waals surface area contributed by atoms with Crippen molar-refractivity contribution in [3.05, 3.63) is 47.5 Å². The van der Waals surface area contributed by atoms with E-state index in [0.717, 1.165) is 5.56 Å². The van der Waals surface area contributed by atoms with Crippen LogP contribution in [0, 0.1) is 0 Å². The molecule has 0 saturated carbocycles. The summed E-state index contributed by atoms with van der Waals surface area (Å²) in [6.07, 6.45) is -0.892. The molecule has 1 nitrogen and oxygen atoms in total. The van der Waals surface area contributed by atoms with E-state index in [2.05, 4.69) is 0 Å². The van der Waals surface area contributed by atoms with Gasteiger partial charge in [-0.05, 0) is 30.9 Å². The molecular formula is C13H16F2O. The predicted octanol–water partition coefficient (Wildman–Crippen LogP) is 3.19. The van der Waals surface area contributed by atoms with Gasteiger partial charge in [0, 0.05) is 0 Å². The van der Waals surface area contributed by atoms with Crippen LogP contribution in [0.1, 0.15) is 18.9 Å². The van der Waals surface area contributed by atoms with Crippen molar-refractivity contribution in [2.75, 3.05) is 0 Å². The van der Waals surface area contributed by atoms with Crippen molar-refractivity contribution in [1.82, 2.24) is 0 Å². The second-order valence-corrected chi connectivity index (χ2v) is 3.80. The van der Waals surface area contributed by atoms with Crippen LogP contribution in [0.15, 0.2) is 42.0 Å². The fraction of sp³-hybridized carbons (Fsp3) is 0.385. The van der Waals surface area contributed by atoms with E-state index in [-0.39, 0.29) is 5.57 Å². The third-order valence-corrected chi connectivity index (χ3v) is 2.37. The van der Waals surface area contributed by atoms with Crippen molar-refractivity contribution in [1.29, 1.82) is 0 Å². The Hall–Kier alpha value is -1.22. The van der Waals surface area contributed by atoms with E-state index >= 15 is 0 Å². The van der Waals surface area contributed by atoms with E-state index < -0.39 is 12.5 Å². The highest BCUT2D eigenvalue weighted by molar-refractivity contribution is 5.15. The normalized spacial score (nSPS) is 14.2. The highest BCUT2D eigenvalue weighted by Gasteiger charge is 2.08. The van der Waals surface area contributed by atoms with Gasteiger partial charge < -0.3 is 5.11 Å². The number of aliphatic hydroxyl groups is 1. The Labute approximate surface area is 94.4 Å². The van der Waals surface area contributed by atoms with Crippen molar-refractivity contribution >= 4 is 0 Å². The van der Waals surface area contributed by atoms with E-state index in [9.17, 15) is 13.9 Å². The molecule has 88 valence electrons. The van der Waals surface area contributed by atoms with Crippen LogP contribution in [0.3, 0.4) is 0 Å². The van der Waals surface area contributed by atoms with Crippen LogP contribution in [0.4, 0.5) is 8.78 Å². The van der Waals surface area contributed by atoms with Crippen LogP contribution in [-0.2, 0) is 6.42 Å². The van der Waals surface area contributed by atoms with Crippen LogP contribution in [-0.4, -0.2) is 17.6 Å². The van der Waals surface area contributed by atoms with Crippen molar-refractivity contribution in [3.63, 3.8) is 0 Å². The number of benzene rings is 1. The summed E-state index contributed by atoms with van der Waals surface area (Å²) in [4.78, 5) is 0. The van der Waals surface area contributed by atoms with Crippen molar-refractivity contribution in [2.24, 2.45) is 0 Å². The maximum atomic E-state index is 12.2. The Morgan fingerprint density at radius 3 is 2.50 bits per heavy atom. The van der Waals surface area contributed by atoms with Gasteiger partial charge >= 0.3 is 0 Å². The quantitative estimate of drug-likeness (QED) is 0.764. The van der Waals surface area contributed by atoms with Crippen molar-refractivity contribution < 1.29 is 13.9 Å². The van der Waals surface area contributed by atoms with E-state index in [1.807, 2.05) is 30.3 Å². The van der Waals surface area contributed by atoms with Gasteiger partial charge in [-0.25, -0.2) is 8.78 Å². The first-order valence-electron chi connectivity index (χ1n) is 5.28. The summed E-state index contributed by atoms with van der Waals surface area (Å²) in [6.45, 7) is 1.33. The Morgan fingerprint density at radius 1 is 1.31 bits per heavy atom. The number of alkyl halides is 2. The first-order valence-corrected chi connectivity index (χ1v) is 5.28. The van der Waals surface area contributed by atoms with Gasteiger partial charge in [-0.2, -0.15) is 0 Å². The topological polar surface area (TPSA) is 20.2 Å². The standard InChI is InChI=1S/C13H16F2O/c1-10(13(14)15)9-12(16)8-7-11-5-3-2-4-6-11/h2-6,9,12-13,16H,7-8H2,1H3/b10-9+. The summed E-state index contributed by atoms with van der Waals surface area (Å²) < 4.78 is 24.3. The number of allylic oxidation sites excluding steroid dienone is 1. The smallest absolute Gasteiger partial charge is 0.259 e. The molecule has 0 spiro atoms. The molecule has 0 saturated heterocycles. The monoisotopic (exact) mass is 226 g/mol. The van der Waals surface area contributed by atoms with Crippen LogP contribution in [0.2, 0.25) is 0 Å². The summed E-state index contributed by atoms with van der Waals surface area (Å²) in [6, 6.07) is 9.66. The zero-order chi connectivity index (χ0) is 12.0. The van der Waals surface area contributed by atoms with Gasteiger partial charge in [0.2, 0.25) is 0 Å². The molecule has 0 amide bonds. The van der Waals surface area contributed by atoms with E-state index in [0.29, 0.717) is 12.8 Å². The molecule has 1 rings (SSSR count). The van der Waals surface area contributed by atoms with Crippen molar-refractivity contribution in [2.45, 2.75) is 32.3 Å². The summed E-state index contributed by atoms with van der Waals surface area (Å²) >= 11 is 0. The molecule has 0 radical (unpaired) electrons. The molecule has 16 heavy (non-hydrogen) atoms. The molecule has 0 heterocycles. The molecule has 1 atom stereocenters. The second kappa shape index (κ2) is 6.38. The Bertz CT molecular complexity index is 333. The van der Waals surface area contributed by atoms with Gasteiger partial charge in [0.1, 0.15) is 0 Å². The van der Waals surface area contributed by atoms with E-state index in [1.165, 1.54) is 13.0 Å². The first-order chi connectivity index (χ1) is 7.59. The second-order valence-electron chi connectivity index (χ2n) is 3.80. The minimum atomic E-state index is -2.48. The summed E-state index contributed by atoms with van der Waals surface area (Å²) in [5.74, 6) is 0. The summed E-state index contributed by atoms with van der Waals surface area (Å²) in [5.41, 5.74) is 1.03. The average molecular weight is 226 g/mol. The van der Waals surface area contributed by atoms with Gasteiger partial charge in [-0.15, -0.1) is 0 Å². The molecular weight excluding hydrogens is 210 g/mol. The molecule has 1 aromatic carbocycles. The van der Waals surface area contributed by atoms with Crippen LogP contribution in [0.5, 0.6) is 0 Å². The van der Waals surface area contributed by atoms with Gasteiger partial charge in [0.05, 0.1) is 6.10 Å². The largest absolute Gasteiger partial charge is 0.389 e. The predicted molar refractivity (Wildman–Crippen MR) is 60.5 cm³/mol. The molecule has 1 unspecified atom stereocenters. The van der Waals surface area contributed by atoms with E-state index in [4.69, 9.17) is 0 Å². The number of aliphatic hydroxyl groups excluding tert-OH is 1. The minimum Gasteiger partial charge on any atom is -0.389 e. The molecule has 0 aliphatic rings. The van der Waals surface area contributed by atoms with Gasteiger partial charge in [-0.1, -0.05) is 36.4 Å². The lowest BCUT2D eigenvalue weighted by Crippen LogP contribution is -2.07. The molecule has 1 aromatic rings. The third kappa shape index (κ3) is 4.53. The zero-order valence-corrected chi connectivity index (χ0v) is 9.24. The molecule has 0 fully saturated rings. The molecule has 0 aliphatic heterocycles. The zero-order valence-electron chi connectivity index (χ0n) is 9.24. The maximum absolute atomic E-state index is 12.2. The molecule has 0 aromatic heterocycles. The van der Waals surface area contributed by atoms with Gasteiger partial charge in [0.25, 0.3) is 6.43 Å². The Morgan fingerprint density at radius 2 is 1.94 bits per heavy atom. The molecule has 3 heteroatoms. The fourth-order valence-corrected chi connectivity index (χ4v) is 1.42. The Balaban J connectivity index is 2.42. The average Bonchev–Trinajstić information content (AvgIpc) is 2.27. The molecule has 0 bridgehead atoms. The summed E-state index contributed by atoms with van der Waals surface area (Å²) in [5, 5.41) is 9.52. The lowest BCUT2D eigenvalue weighted by Gasteiger charge is -2.07. The SMILES string of the molecule is C/C(=C\C(O)CCc1ccccc1)C(F)F. The lowest BCUT2D eigenvalue weighted by molar-refractivity contribution is 0.178. The number of halogens is 2. The first kappa shape index (κ1) is 12.8. The highest BCUT2D eigenvalue weighted by atomic mass is 19.3. The van der Waals surface area contributed by atoms with Crippen LogP contribution in [0.25, 0.3) is 0 Å². The number of hydrogen-bond acceptors (Lipinski definition) is 1. The van der Waals surface area contributed by atoms with E-state index in [1.54, 1.807) is 0 Å². The van der Waals surface area contributed by atoms with Crippen molar-refractivity contribution in [3.8, 4) is 0 Å². The van der Waals surface area contributed by atoms with Crippen LogP contribution < -0.4 is 0 Å². The number of rotatable bonds is 5. The Kier molecular flexibility index (Phi) is 5.12. The van der Waals surface area contributed by atoms with Gasteiger partial charge in [0.15, 0.2) is 0 Å². The summed E-state index contributed by atoms with van der Waals surface area (Å²) in [7, 11) is 0. The third-order valence-electron chi connectivity index (χ3n) is 2.37. The fourth-order valence-electron chi connectivity index (χ4n) is 1.42. The molecule has 0 aliphatic carbocycles. The minimum absolute atomic E-state index is 0.0689. The maximum Gasteiger partial charge on any atom is 0.259 e. The van der Waals surface area contributed by atoms with Crippen LogP contribution >= 0.6 is 0 Å². The number of aryl methyl sites for hydroxylation is 1. The lowest BCUT2D eigenvalue weighted by atomic mass is 10.1. The number of hydrogen-bond donors (Lipinski definition) is 1. The highest BCUT2D eigenvalue weighted by Crippen LogP contribution is 2.11. The van der Waals surface area contributed by atoms with Gasteiger partial charge in [-0.3, -0.25) is 0 Å².